The molecule has 4 fully saturated rings. The average molecular weight is 1420 g/mol. The Balaban J connectivity index is 0.000000162. The van der Waals surface area contributed by atoms with E-state index in [1.54, 1.807) is 30.1 Å². The summed E-state index contributed by atoms with van der Waals surface area (Å²) >= 11 is 0. The summed E-state index contributed by atoms with van der Waals surface area (Å²) in [5, 5.41) is 89.3. The number of fused-ring (bicyclic) bond motifs is 4. The van der Waals surface area contributed by atoms with Crippen LogP contribution < -0.4 is 26.3 Å². The van der Waals surface area contributed by atoms with E-state index in [1.165, 1.54) is 30.0 Å². The number of ether oxygens (including phenoxy) is 4. The third-order valence-electron chi connectivity index (χ3n) is 14.9. The van der Waals surface area contributed by atoms with Crippen molar-refractivity contribution in [3.05, 3.63) is 65.2 Å². The lowest BCUT2D eigenvalue weighted by Crippen LogP contribution is -2.35. The number of hydrogen-bond acceptors (Lipinski definition) is 34. The summed E-state index contributed by atoms with van der Waals surface area (Å²) in [7, 11) is -16.6. The topological polar surface area (TPSA) is 616 Å². The van der Waals surface area contributed by atoms with Crippen LogP contribution in [0.1, 0.15) is 85.0 Å². The summed E-state index contributed by atoms with van der Waals surface area (Å²) in [5.74, 6) is 0.173. The molecule has 0 unspecified atom stereocenters. The molecule has 0 saturated carbocycles. The number of alkyl halides is 1. The summed E-state index contributed by atoms with van der Waals surface area (Å²) in [4.78, 5) is 32.8. The van der Waals surface area contributed by atoms with Crippen LogP contribution in [0.3, 0.4) is 0 Å². The maximum absolute atomic E-state index is 14.4. The van der Waals surface area contributed by atoms with Gasteiger partial charge in [-0.2, -0.15) is 54.1 Å². The molecule has 0 aliphatic carbocycles. The molecule has 95 heavy (non-hydrogen) atoms. The number of nitrogen functional groups attached to an aromatic ring is 1. The van der Waals surface area contributed by atoms with Crippen LogP contribution in [0.25, 0.3) is 44.1 Å². The maximum Gasteiger partial charge on any atom is 0.333 e. The largest absolute Gasteiger partial charge is 0.390 e. The molecule has 12 heterocycles. The minimum atomic E-state index is -4.24. The first-order valence-electron chi connectivity index (χ1n) is 27.7. The first-order chi connectivity index (χ1) is 43.9. The van der Waals surface area contributed by atoms with Gasteiger partial charge in [0.25, 0.3) is 0 Å². The van der Waals surface area contributed by atoms with E-state index in [0.29, 0.717) is 44.8 Å². The van der Waals surface area contributed by atoms with Gasteiger partial charge in [-0.1, -0.05) is 7.43 Å². The molecule has 0 aromatic carbocycles. The fraction of sp³-hybridized carbons (Fsp3) is 0.583. The van der Waals surface area contributed by atoms with Crippen molar-refractivity contribution in [2.24, 2.45) is 20.6 Å². The van der Waals surface area contributed by atoms with Gasteiger partial charge in [-0.05, 0) is 48.5 Å². The summed E-state index contributed by atoms with van der Waals surface area (Å²) in [6, 6.07) is 0. The lowest BCUT2D eigenvalue weighted by Gasteiger charge is -2.15. The van der Waals surface area contributed by atoms with E-state index >= 15 is 0 Å². The SMILES string of the molecule is C.Cc1ncnc2c1c(C)nn2[C@@H]1O[C@H](COS(N)(=O)=O)[C@@H](O)[C@H]1O.Cc1ncnc2c1c(C)nn2[C@H]1C[C@H](O)[C@@H](COS(N)(=O)=O)O1.Cc1ncnc2c1c(C)nn2[C@H]1C[C@H](O)[C@H](COS(N)(=O)=O)O1.Cc1nn([C@@H]2O[C@H](COS(N)(=O)=O)[C@@H](O)[C@@H]2F)c2ncnc(N)c12. The second-order valence-corrected chi connectivity index (χ2v) is 26.5. The highest BCUT2D eigenvalue weighted by Gasteiger charge is 2.48. The van der Waals surface area contributed by atoms with Crippen molar-refractivity contribution in [2.75, 3.05) is 32.2 Å². The zero-order valence-corrected chi connectivity index (χ0v) is 53.7. The van der Waals surface area contributed by atoms with Gasteiger partial charge in [0.05, 0.1) is 100 Å². The number of rotatable bonds is 16. The van der Waals surface area contributed by atoms with Crippen LogP contribution in [-0.4, -0.2) is 226 Å². The van der Waals surface area contributed by atoms with Gasteiger partial charge in [0.1, 0.15) is 73.9 Å². The Morgan fingerprint density at radius 3 is 1.13 bits per heavy atom. The Bertz CT molecular complexity index is 4270. The van der Waals surface area contributed by atoms with Gasteiger partial charge >= 0.3 is 41.2 Å². The standard InChI is InChI=1S/C12H17N5O6S.2C12H17N5O5S.C11H15FN6O5S.CH4/c1-5-8-6(2)16-17(11(8)15-4-14-5)12-10(19)9(18)7(23-12)3-22-24(13,20)21;2*1-6-11-7(2)16-17(12(11)15-5-14-6)10-3-8(18)9(22-10)4-21-23(13,19)20;1-4-6-9(13)15-3-16-10(6)18(17-4)11-7(12)8(19)5(23-11)2-22-24(14,20)21;/h4,7,9-10,12,18-19H,3H2,1-2H3,(H2,13,20,21);2*5,8-10,18H,3-4H2,1-2H3,(H2,13,19,20);3,5,7-8,11,19H,2H2,1H3,(H2,13,15,16)(H2,14,20,21);1H4/t7-,9-,10-,12-;8-,9+,10+;8-,9-,10+;5-,7+,8-,11-;/m1001./s1. The predicted molar refractivity (Wildman–Crippen MR) is 322 cm³/mol. The van der Waals surface area contributed by atoms with Crippen molar-refractivity contribution >= 4 is 91.2 Å². The molecule has 15 N–H and O–H groups in total. The molecule has 8 aromatic rings. The van der Waals surface area contributed by atoms with E-state index in [-0.39, 0.29) is 44.9 Å². The smallest absolute Gasteiger partial charge is 0.333 e. The van der Waals surface area contributed by atoms with Crippen molar-refractivity contribution in [1.29, 1.82) is 0 Å². The van der Waals surface area contributed by atoms with Gasteiger partial charge in [-0.3, -0.25) is 16.7 Å². The molecule has 8 aromatic heterocycles. The number of aryl methyl sites for hydroxylation is 7. The molecule has 42 nitrogen and oxygen atoms in total. The highest BCUT2D eigenvalue weighted by atomic mass is 32.2. The molecule has 4 aliphatic heterocycles. The summed E-state index contributed by atoms with van der Waals surface area (Å²) in [6.45, 7) is 10.7. The van der Waals surface area contributed by atoms with Gasteiger partial charge in [0.2, 0.25) is 0 Å². The van der Waals surface area contributed by atoms with Crippen LogP contribution in [0.15, 0.2) is 25.3 Å². The van der Waals surface area contributed by atoms with Crippen molar-refractivity contribution in [3.63, 3.8) is 0 Å². The van der Waals surface area contributed by atoms with Crippen LogP contribution in [-0.2, 0) is 76.9 Å². The minimum Gasteiger partial charge on any atom is -0.390 e. The molecule has 524 valence electrons. The fourth-order valence-electron chi connectivity index (χ4n) is 10.7. The van der Waals surface area contributed by atoms with Crippen LogP contribution in [0.2, 0.25) is 0 Å². The van der Waals surface area contributed by atoms with Gasteiger partial charge < -0.3 is 50.2 Å². The number of halogens is 1. The molecule has 14 atom stereocenters. The molecule has 0 amide bonds. The summed E-state index contributed by atoms with van der Waals surface area (Å²) < 4.78 is 147. The Labute approximate surface area is 539 Å². The van der Waals surface area contributed by atoms with Gasteiger partial charge in [0.15, 0.2) is 53.7 Å². The quantitative estimate of drug-likeness (QED) is 0.0442. The third kappa shape index (κ3) is 16.9. The molecule has 47 heteroatoms. The second-order valence-electron chi connectivity index (χ2n) is 21.6. The van der Waals surface area contributed by atoms with E-state index in [0.717, 1.165) is 38.2 Å². The molecule has 0 spiro atoms. The van der Waals surface area contributed by atoms with Crippen LogP contribution in [0.5, 0.6) is 0 Å². The zero-order valence-electron chi connectivity index (χ0n) is 50.5. The number of hydrogen-bond donors (Lipinski definition) is 10. The number of anilines is 1. The first-order valence-corrected chi connectivity index (χ1v) is 33.6. The van der Waals surface area contributed by atoms with E-state index in [9.17, 15) is 63.6 Å². The van der Waals surface area contributed by atoms with Crippen molar-refractivity contribution in [1.82, 2.24) is 79.0 Å². The van der Waals surface area contributed by atoms with E-state index in [2.05, 4.69) is 77.0 Å². The van der Waals surface area contributed by atoms with Crippen LogP contribution >= 0.6 is 0 Å². The molecular formula is C48H70FN21O21S4. The minimum absolute atomic E-state index is 0. The average Bonchev–Trinajstić information content (AvgIpc) is 1.64. The van der Waals surface area contributed by atoms with Gasteiger partial charge in [-0.25, -0.2) is 83.5 Å². The Morgan fingerprint density at radius 2 is 0.737 bits per heavy atom. The molecule has 0 bridgehead atoms. The Morgan fingerprint density at radius 1 is 0.432 bits per heavy atom. The molecular weight excluding hydrogens is 1350 g/mol. The lowest BCUT2D eigenvalue weighted by atomic mass is 10.1. The first kappa shape index (κ1) is 73.9. The van der Waals surface area contributed by atoms with Crippen molar-refractivity contribution < 1.29 is 99.3 Å². The van der Waals surface area contributed by atoms with E-state index in [4.69, 9.17) is 45.2 Å². The predicted octanol–water partition coefficient (Wildman–Crippen LogP) is -3.92. The van der Waals surface area contributed by atoms with Crippen molar-refractivity contribution in [2.45, 2.75) is 155 Å². The third-order valence-corrected chi connectivity index (χ3v) is 16.8. The monoisotopic (exact) mass is 1420 g/mol. The molecule has 4 saturated heterocycles. The molecule has 0 radical (unpaired) electrons. The fourth-order valence-corrected chi connectivity index (χ4v) is 12.0. The Kier molecular flexibility index (Phi) is 22.6. The normalized spacial score (nSPS) is 26.3. The number of nitrogens with zero attached hydrogens (tertiary/aromatic N) is 16. The maximum atomic E-state index is 14.4. The number of aromatic nitrogens is 16. The summed E-state index contributed by atoms with van der Waals surface area (Å²) in [5.41, 5.74) is 12.5. The number of nitrogens with two attached hydrogens (primary N) is 5. The highest BCUT2D eigenvalue weighted by Crippen LogP contribution is 2.38. The van der Waals surface area contributed by atoms with Crippen LogP contribution in [0, 0.1) is 48.5 Å². The number of aliphatic hydroxyl groups excluding tert-OH is 5. The van der Waals surface area contributed by atoms with E-state index < -0.39 is 140 Å². The second kappa shape index (κ2) is 29.0. The Hall–Kier alpha value is -6.95. The number of aliphatic hydroxyl groups is 5. The van der Waals surface area contributed by atoms with Crippen molar-refractivity contribution in [3.8, 4) is 0 Å². The van der Waals surface area contributed by atoms with Crippen LogP contribution in [0.4, 0.5) is 10.2 Å². The van der Waals surface area contributed by atoms with Gasteiger partial charge in [-0.15, -0.1) is 0 Å². The lowest BCUT2D eigenvalue weighted by molar-refractivity contribution is -0.0527. The zero-order chi connectivity index (χ0) is 68.8. The van der Waals surface area contributed by atoms with Gasteiger partial charge in [0, 0.05) is 12.8 Å². The van der Waals surface area contributed by atoms with E-state index in [1.807, 2.05) is 27.7 Å². The summed E-state index contributed by atoms with van der Waals surface area (Å²) in [6.07, 6.45) is -9.69. The molecule has 4 aliphatic rings. The molecule has 12 rings (SSSR count). The highest BCUT2D eigenvalue weighted by molar-refractivity contribution is 7.85.